The zero-order valence-electron chi connectivity index (χ0n) is 12.4. The fraction of sp³-hybridized carbons (Fsp3) is 0.857. The number of piperidine rings is 1. The summed E-state index contributed by atoms with van der Waals surface area (Å²) in [5.41, 5.74) is 0.217. The summed E-state index contributed by atoms with van der Waals surface area (Å²) in [5.74, 6) is 0.0599. The van der Waals surface area contributed by atoms with Gasteiger partial charge in [-0.15, -0.1) is 12.4 Å². The number of carbonyl (C=O) groups excluding carboxylic acids is 2. The minimum atomic E-state index is -0.0431. The molecule has 0 aromatic rings. The first-order valence-corrected chi connectivity index (χ1v) is 7.27. The van der Waals surface area contributed by atoms with Crippen molar-refractivity contribution in [1.82, 2.24) is 15.5 Å². The number of hydrogen-bond acceptors (Lipinski definition) is 3. The van der Waals surface area contributed by atoms with Crippen LogP contribution < -0.4 is 10.6 Å². The SMILES string of the molecule is CC1(C)CCCNC1CNC(=O)CN1CCCC1=O.Cl. The summed E-state index contributed by atoms with van der Waals surface area (Å²) in [6, 6.07) is 0.319. The van der Waals surface area contributed by atoms with Gasteiger partial charge in [0, 0.05) is 25.6 Å². The van der Waals surface area contributed by atoms with Crippen molar-refractivity contribution >= 4 is 24.2 Å². The molecule has 5 nitrogen and oxygen atoms in total. The summed E-state index contributed by atoms with van der Waals surface area (Å²) in [7, 11) is 0. The lowest BCUT2D eigenvalue weighted by Gasteiger charge is -2.39. The van der Waals surface area contributed by atoms with Gasteiger partial charge in [0.05, 0.1) is 6.54 Å². The maximum atomic E-state index is 11.9. The highest BCUT2D eigenvalue weighted by Crippen LogP contribution is 2.29. The molecule has 0 spiro atoms. The highest BCUT2D eigenvalue weighted by molar-refractivity contribution is 5.86. The van der Waals surface area contributed by atoms with Crippen LogP contribution in [0.25, 0.3) is 0 Å². The maximum Gasteiger partial charge on any atom is 0.239 e. The molecule has 2 aliphatic heterocycles. The first kappa shape index (κ1) is 17.2. The molecule has 2 fully saturated rings. The highest BCUT2D eigenvalue weighted by atomic mass is 35.5. The van der Waals surface area contributed by atoms with Gasteiger partial charge in [-0.2, -0.15) is 0 Å². The molecule has 2 aliphatic rings. The summed E-state index contributed by atoms with van der Waals surface area (Å²) >= 11 is 0. The largest absolute Gasteiger partial charge is 0.353 e. The van der Waals surface area contributed by atoms with Gasteiger partial charge in [-0.1, -0.05) is 13.8 Å². The van der Waals surface area contributed by atoms with E-state index in [4.69, 9.17) is 0 Å². The van der Waals surface area contributed by atoms with E-state index in [1.807, 2.05) is 0 Å². The minimum absolute atomic E-state index is 0. The third-order valence-electron chi connectivity index (χ3n) is 4.34. The monoisotopic (exact) mass is 303 g/mol. The van der Waals surface area contributed by atoms with E-state index in [1.54, 1.807) is 4.90 Å². The zero-order chi connectivity index (χ0) is 13.9. The fourth-order valence-corrected chi connectivity index (χ4v) is 2.94. The standard InChI is InChI=1S/C14H25N3O2.ClH/c1-14(2)6-4-7-15-11(14)9-16-12(18)10-17-8-3-5-13(17)19;/h11,15H,3-10H2,1-2H3,(H,16,18);1H. The van der Waals surface area contributed by atoms with Crippen LogP contribution in [0.2, 0.25) is 0 Å². The molecule has 1 atom stereocenters. The van der Waals surface area contributed by atoms with Gasteiger partial charge in [0.15, 0.2) is 0 Å². The van der Waals surface area contributed by atoms with Crippen molar-refractivity contribution in [3.05, 3.63) is 0 Å². The number of hydrogen-bond donors (Lipinski definition) is 2. The number of carbonyl (C=O) groups is 2. The van der Waals surface area contributed by atoms with Crippen molar-refractivity contribution in [2.24, 2.45) is 5.41 Å². The zero-order valence-corrected chi connectivity index (χ0v) is 13.2. The van der Waals surface area contributed by atoms with Gasteiger partial charge >= 0.3 is 0 Å². The second kappa shape index (κ2) is 7.27. The summed E-state index contributed by atoms with van der Waals surface area (Å²) in [6.45, 7) is 7.08. The highest BCUT2D eigenvalue weighted by Gasteiger charge is 2.32. The van der Waals surface area contributed by atoms with Gasteiger partial charge in [-0.3, -0.25) is 9.59 Å². The van der Waals surface area contributed by atoms with Crippen LogP contribution in [0.15, 0.2) is 0 Å². The van der Waals surface area contributed by atoms with E-state index in [0.29, 0.717) is 19.0 Å². The normalized spacial score (nSPS) is 25.2. The lowest BCUT2D eigenvalue weighted by atomic mass is 9.77. The Morgan fingerprint density at radius 1 is 1.45 bits per heavy atom. The Balaban J connectivity index is 0.00000200. The van der Waals surface area contributed by atoms with Crippen LogP contribution >= 0.6 is 12.4 Å². The molecule has 1 unspecified atom stereocenters. The Hall–Kier alpha value is -0.810. The predicted octanol–water partition coefficient (Wildman–Crippen LogP) is 0.925. The molecule has 0 aromatic heterocycles. The number of rotatable bonds is 4. The van der Waals surface area contributed by atoms with Crippen LogP contribution in [0.1, 0.15) is 39.5 Å². The molecule has 2 saturated heterocycles. The molecule has 2 amide bonds. The number of nitrogens with one attached hydrogen (secondary N) is 2. The van der Waals surface area contributed by atoms with Gasteiger partial charge in [-0.25, -0.2) is 0 Å². The Labute approximate surface area is 127 Å². The number of amides is 2. The lowest BCUT2D eigenvalue weighted by Crippen LogP contribution is -2.53. The third-order valence-corrected chi connectivity index (χ3v) is 4.34. The maximum absolute atomic E-state index is 11.9. The Morgan fingerprint density at radius 2 is 2.20 bits per heavy atom. The van der Waals surface area contributed by atoms with E-state index in [-0.39, 0.29) is 36.2 Å². The smallest absolute Gasteiger partial charge is 0.239 e. The fourth-order valence-electron chi connectivity index (χ4n) is 2.94. The van der Waals surface area contributed by atoms with Crippen LogP contribution in [0.5, 0.6) is 0 Å². The molecular weight excluding hydrogens is 278 g/mol. The number of halogens is 1. The van der Waals surface area contributed by atoms with Crippen molar-refractivity contribution in [2.75, 3.05) is 26.2 Å². The Bertz CT molecular complexity index is 360. The van der Waals surface area contributed by atoms with E-state index in [2.05, 4.69) is 24.5 Å². The molecule has 116 valence electrons. The van der Waals surface area contributed by atoms with Crippen molar-refractivity contribution in [3.63, 3.8) is 0 Å². The van der Waals surface area contributed by atoms with Gasteiger partial charge in [-0.05, 0) is 31.2 Å². The predicted molar refractivity (Wildman–Crippen MR) is 80.9 cm³/mol. The van der Waals surface area contributed by atoms with Crippen LogP contribution in [0.3, 0.4) is 0 Å². The molecule has 2 N–H and O–H groups in total. The molecule has 2 heterocycles. The van der Waals surface area contributed by atoms with Crippen LogP contribution in [-0.4, -0.2) is 48.9 Å². The molecule has 0 aromatic carbocycles. The molecule has 6 heteroatoms. The number of nitrogens with zero attached hydrogens (tertiary/aromatic N) is 1. The van der Waals surface area contributed by atoms with Gasteiger partial charge in [0.2, 0.25) is 11.8 Å². The van der Waals surface area contributed by atoms with E-state index >= 15 is 0 Å². The van der Waals surface area contributed by atoms with E-state index < -0.39 is 0 Å². The van der Waals surface area contributed by atoms with E-state index in [9.17, 15) is 9.59 Å². The number of likely N-dealkylation sites (tertiary alicyclic amines) is 1. The second-order valence-electron chi connectivity index (χ2n) is 6.32. The van der Waals surface area contributed by atoms with Crippen molar-refractivity contribution in [3.8, 4) is 0 Å². The van der Waals surface area contributed by atoms with Gasteiger partial charge < -0.3 is 15.5 Å². The minimum Gasteiger partial charge on any atom is -0.353 e. The molecule has 20 heavy (non-hydrogen) atoms. The summed E-state index contributed by atoms with van der Waals surface area (Å²) in [5, 5.41) is 6.43. The Kier molecular flexibility index (Phi) is 6.27. The lowest BCUT2D eigenvalue weighted by molar-refractivity contribution is -0.133. The molecule has 2 rings (SSSR count). The first-order valence-electron chi connectivity index (χ1n) is 7.27. The van der Waals surface area contributed by atoms with E-state index in [0.717, 1.165) is 19.5 Å². The van der Waals surface area contributed by atoms with Gasteiger partial charge in [0.25, 0.3) is 0 Å². The summed E-state index contributed by atoms with van der Waals surface area (Å²) < 4.78 is 0. The molecule has 0 radical (unpaired) electrons. The summed E-state index contributed by atoms with van der Waals surface area (Å²) in [4.78, 5) is 25.0. The van der Waals surface area contributed by atoms with Gasteiger partial charge in [0.1, 0.15) is 0 Å². The Morgan fingerprint density at radius 3 is 2.80 bits per heavy atom. The van der Waals surface area contributed by atoms with Crippen molar-refractivity contribution in [2.45, 2.75) is 45.6 Å². The van der Waals surface area contributed by atoms with Crippen LogP contribution in [0, 0.1) is 5.41 Å². The molecule has 0 bridgehead atoms. The molecule has 0 saturated carbocycles. The molecular formula is C14H26ClN3O2. The average molecular weight is 304 g/mol. The van der Waals surface area contributed by atoms with Crippen LogP contribution in [0.4, 0.5) is 0 Å². The van der Waals surface area contributed by atoms with Crippen molar-refractivity contribution in [1.29, 1.82) is 0 Å². The summed E-state index contributed by atoms with van der Waals surface area (Å²) in [6.07, 6.45) is 3.85. The molecule has 0 aliphatic carbocycles. The van der Waals surface area contributed by atoms with E-state index in [1.165, 1.54) is 12.8 Å². The average Bonchev–Trinajstić information content (AvgIpc) is 2.73. The first-order chi connectivity index (χ1) is 8.99. The van der Waals surface area contributed by atoms with Crippen LogP contribution in [-0.2, 0) is 9.59 Å². The third kappa shape index (κ3) is 4.35. The second-order valence-corrected chi connectivity index (χ2v) is 6.32. The quantitative estimate of drug-likeness (QED) is 0.812. The van der Waals surface area contributed by atoms with Crippen molar-refractivity contribution < 1.29 is 9.59 Å². The topological polar surface area (TPSA) is 61.4 Å².